The fraction of sp³-hybridized carbons (Fsp3) is 0.740. The molecule has 0 bridgehead atoms. The van der Waals surface area contributed by atoms with Crippen molar-refractivity contribution >= 4 is 5.91 Å². The highest BCUT2D eigenvalue weighted by molar-refractivity contribution is 5.76. The smallest absolute Gasteiger partial charge is 0.220 e. The number of aliphatic hydroxyl groups excluding tert-OH is 5. The molecule has 1 aliphatic heterocycles. The Balaban J connectivity index is 2.17. The van der Waals surface area contributed by atoms with Crippen molar-refractivity contribution in [2.75, 3.05) is 13.2 Å². The van der Waals surface area contributed by atoms with Gasteiger partial charge in [0.1, 0.15) is 24.4 Å². The van der Waals surface area contributed by atoms with Crippen molar-refractivity contribution in [2.45, 2.75) is 333 Å². The third-order valence-corrected chi connectivity index (χ3v) is 15.6. The van der Waals surface area contributed by atoms with Crippen LogP contribution in [0.5, 0.6) is 0 Å². The van der Waals surface area contributed by atoms with Crippen molar-refractivity contribution in [3.63, 3.8) is 0 Å². The lowest BCUT2D eigenvalue weighted by molar-refractivity contribution is -0.302. The van der Waals surface area contributed by atoms with E-state index in [2.05, 4.69) is 116 Å². The first-order valence-corrected chi connectivity index (χ1v) is 34.1. The van der Waals surface area contributed by atoms with Gasteiger partial charge >= 0.3 is 0 Å². The van der Waals surface area contributed by atoms with Crippen molar-refractivity contribution in [3.05, 3.63) is 109 Å². The molecular formula is C73H127NO8. The molecular weight excluding hydrogens is 1020 g/mol. The largest absolute Gasteiger partial charge is 0.394 e. The molecule has 1 amide bonds. The summed E-state index contributed by atoms with van der Waals surface area (Å²) in [6, 6.07) is -0.830. The van der Waals surface area contributed by atoms with Gasteiger partial charge in [-0.1, -0.05) is 303 Å². The van der Waals surface area contributed by atoms with Crippen LogP contribution in [0.2, 0.25) is 0 Å². The van der Waals surface area contributed by atoms with Crippen LogP contribution in [0.15, 0.2) is 109 Å². The highest BCUT2D eigenvalue weighted by Crippen LogP contribution is 2.23. The molecule has 9 heteroatoms. The lowest BCUT2D eigenvalue weighted by Crippen LogP contribution is -2.60. The number of hydrogen-bond donors (Lipinski definition) is 6. The minimum absolute atomic E-state index is 0.189. The van der Waals surface area contributed by atoms with Crippen LogP contribution in [0.1, 0.15) is 290 Å². The number of unbranched alkanes of at least 4 members (excludes halogenated alkanes) is 32. The second-order valence-corrected chi connectivity index (χ2v) is 23.2. The van der Waals surface area contributed by atoms with E-state index >= 15 is 0 Å². The average Bonchev–Trinajstić information content (AvgIpc) is 3.52. The second kappa shape index (κ2) is 61.0. The monoisotopic (exact) mass is 1150 g/mol. The zero-order valence-corrected chi connectivity index (χ0v) is 52.7. The van der Waals surface area contributed by atoms with Gasteiger partial charge < -0.3 is 40.3 Å². The molecule has 7 unspecified atom stereocenters. The van der Waals surface area contributed by atoms with Crippen LogP contribution in [0.4, 0.5) is 0 Å². The number of allylic oxidation sites excluding steroid dienone is 17. The summed E-state index contributed by atoms with van der Waals surface area (Å²) >= 11 is 0. The molecule has 1 heterocycles. The minimum atomic E-state index is -1.58. The van der Waals surface area contributed by atoms with E-state index in [0.717, 1.165) is 83.5 Å². The molecule has 472 valence electrons. The van der Waals surface area contributed by atoms with Crippen LogP contribution >= 0.6 is 0 Å². The highest BCUT2D eigenvalue weighted by atomic mass is 16.7. The van der Waals surface area contributed by atoms with E-state index in [1.807, 2.05) is 6.08 Å². The topological polar surface area (TPSA) is 149 Å². The maximum absolute atomic E-state index is 13.1. The Kier molecular flexibility index (Phi) is 57.1. The number of amides is 1. The SMILES string of the molecule is CC/C=C\C/C=C\C/C=C\C/C=C\C/C=C\C/C=C\C/C=C\CCCCCCCCCCCCCCCC(=O)NC(COC1OC(CO)C(O)C(O)C1O)C(O)/C=C/CC/C=C/CCCCCCCCCCCCCCCCCCCC. The van der Waals surface area contributed by atoms with Gasteiger partial charge in [-0.2, -0.15) is 0 Å². The van der Waals surface area contributed by atoms with Crippen LogP contribution in [-0.2, 0) is 14.3 Å². The lowest BCUT2D eigenvalue weighted by atomic mass is 9.99. The summed E-state index contributed by atoms with van der Waals surface area (Å²) in [7, 11) is 0. The molecule has 0 radical (unpaired) electrons. The maximum Gasteiger partial charge on any atom is 0.220 e. The van der Waals surface area contributed by atoms with E-state index in [4.69, 9.17) is 9.47 Å². The summed E-state index contributed by atoms with van der Waals surface area (Å²) in [6.07, 6.45) is 83.2. The van der Waals surface area contributed by atoms with Gasteiger partial charge in [-0.15, -0.1) is 0 Å². The summed E-state index contributed by atoms with van der Waals surface area (Å²) in [6.45, 7) is 3.67. The standard InChI is InChI=1S/C73H127NO8/c1-3-5-7-9-11-13-15-17-19-21-23-25-27-29-30-31-32-33-34-35-36-37-38-39-41-43-45-47-49-51-53-55-57-59-61-63-69(77)74-66(65-81-73-72(80)71(79)70(78)68(64-75)82-73)67(76)62-60-58-56-54-52-50-48-46-44-42-40-28-26-24-22-20-18-16-14-12-10-8-6-4-2/h5,7,11,13,17,19,23,25,29-30,32-33,35-36,52,54,60,62,66-68,70-73,75-76,78-80H,3-4,6,8-10,12,14-16,18,20-22,24,26-28,31,34,37-51,53,55-59,61,63-65H2,1-2H3,(H,74,77)/b7-5-,13-11-,19-17-,25-23-,30-29-,33-32-,36-35-,54-52+,62-60+. The zero-order chi connectivity index (χ0) is 59.3. The van der Waals surface area contributed by atoms with Gasteiger partial charge in [0.05, 0.1) is 25.4 Å². The molecule has 1 aliphatic rings. The van der Waals surface area contributed by atoms with Gasteiger partial charge in [-0.05, 0) is 89.9 Å². The van der Waals surface area contributed by atoms with Crippen molar-refractivity contribution in [2.24, 2.45) is 0 Å². The van der Waals surface area contributed by atoms with E-state index in [9.17, 15) is 30.3 Å². The molecule has 6 N–H and O–H groups in total. The third kappa shape index (κ3) is 49.1. The number of rotatable bonds is 58. The van der Waals surface area contributed by atoms with E-state index in [-0.39, 0.29) is 12.5 Å². The van der Waals surface area contributed by atoms with Gasteiger partial charge in [0.2, 0.25) is 5.91 Å². The number of ether oxygens (including phenoxy) is 2. The fourth-order valence-electron chi connectivity index (χ4n) is 10.3. The Morgan fingerprint density at radius 3 is 1.17 bits per heavy atom. The van der Waals surface area contributed by atoms with Crippen molar-refractivity contribution in [1.82, 2.24) is 5.32 Å². The summed E-state index contributed by atoms with van der Waals surface area (Å²) in [5.41, 5.74) is 0. The summed E-state index contributed by atoms with van der Waals surface area (Å²) < 4.78 is 11.3. The van der Waals surface area contributed by atoms with Crippen molar-refractivity contribution in [1.29, 1.82) is 0 Å². The van der Waals surface area contributed by atoms with Crippen molar-refractivity contribution < 1.29 is 39.8 Å². The molecule has 82 heavy (non-hydrogen) atoms. The molecule has 0 aliphatic carbocycles. The maximum atomic E-state index is 13.1. The van der Waals surface area contributed by atoms with Crippen LogP contribution in [0, 0.1) is 0 Å². The normalized spacial score (nSPS) is 19.0. The molecule has 0 aromatic rings. The molecule has 1 fully saturated rings. The molecule has 0 aromatic carbocycles. The highest BCUT2D eigenvalue weighted by Gasteiger charge is 2.44. The number of nitrogens with one attached hydrogen (secondary N) is 1. The average molecular weight is 1150 g/mol. The van der Waals surface area contributed by atoms with Gasteiger partial charge in [0.25, 0.3) is 0 Å². The van der Waals surface area contributed by atoms with E-state index < -0.39 is 49.5 Å². The quantitative estimate of drug-likeness (QED) is 0.0261. The Bertz CT molecular complexity index is 1660. The third-order valence-electron chi connectivity index (χ3n) is 15.6. The predicted octanol–water partition coefficient (Wildman–Crippen LogP) is 18.5. The summed E-state index contributed by atoms with van der Waals surface area (Å²) in [5, 5.41) is 54.7. The van der Waals surface area contributed by atoms with Gasteiger partial charge in [-0.25, -0.2) is 0 Å². The molecule has 7 atom stereocenters. The first-order chi connectivity index (χ1) is 40.3. The van der Waals surface area contributed by atoms with Gasteiger partial charge in [-0.3, -0.25) is 4.79 Å². The molecule has 0 saturated carbocycles. The van der Waals surface area contributed by atoms with Crippen LogP contribution in [0.25, 0.3) is 0 Å². The van der Waals surface area contributed by atoms with Gasteiger partial charge in [0.15, 0.2) is 6.29 Å². The first-order valence-electron chi connectivity index (χ1n) is 34.1. The van der Waals surface area contributed by atoms with Gasteiger partial charge in [0, 0.05) is 6.42 Å². The van der Waals surface area contributed by atoms with E-state index in [1.54, 1.807) is 6.08 Å². The summed E-state index contributed by atoms with van der Waals surface area (Å²) in [4.78, 5) is 13.1. The number of carbonyl (C=O) groups is 1. The summed E-state index contributed by atoms with van der Waals surface area (Å²) in [5.74, 6) is -0.189. The number of aliphatic hydroxyl groups is 5. The fourth-order valence-corrected chi connectivity index (χ4v) is 10.3. The molecule has 0 aromatic heterocycles. The second-order valence-electron chi connectivity index (χ2n) is 23.2. The lowest BCUT2D eigenvalue weighted by Gasteiger charge is -2.40. The number of carbonyl (C=O) groups excluding carboxylic acids is 1. The first kappa shape index (κ1) is 76.9. The zero-order valence-electron chi connectivity index (χ0n) is 52.7. The minimum Gasteiger partial charge on any atom is -0.394 e. The number of hydrogen-bond acceptors (Lipinski definition) is 8. The Morgan fingerprint density at radius 1 is 0.427 bits per heavy atom. The molecule has 0 spiro atoms. The Labute approximate surface area is 504 Å². The molecule has 9 nitrogen and oxygen atoms in total. The molecule has 1 rings (SSSR count). The predicted molar refractivity (Wildman–Crippen MR) is 350 cm³/mol. The Hall–Kier alpha value is -3.15. The van der Waals surface area contributed by atoms with Crippen molar-refractivity contribution in [3.8, 4) is 0 Å². The van der Waals surface area contributed by atoms with Crippen LogP contribution in [-0.4, -0.2) is 87.5 Å². The van der Waals surface area contributed by atoms with E-state index in [1.165, 1.54) is 186 Å². The van der Waals surface area contributed by atoms with Crippen LogP contribution < -0.4 is 5.32 Å². The Morgan fingerprint density at radius 2 is 0.768 bits per heavy atom. The molecule has 1 saturated heterocycles. The van der Waals surface area contributed by atoms with E-state index in [0.29, 0.717) is 6.42 Å². The van der Waals surface area contributed by atoms with Crippen LogP contribution in [0.3, 0.4) is 0 Å².